The van der Waals surface area contributed by atoms with Gasteiger partial charge in [-0.2, -0.15) is 0 Å². The van der Waals surface area contributed by atoms with E-state index in [1.807, 2.05) is 90.9 Å². The summed E-state index contributed by atoms with van der Waals surface area (Å²) in [5.74, 6) is 0.0957. The zero-order valence-electron chi connectivity index (χ0n) is 26.1. The average Bonchev–Trinajstić information content (AvgIpc) is 2.78. The van der Waals surface area contributed by atoms with E-state index in [1.54, 1.807) is 0 Å². The van der Waals surface area contributed by atoms with Crippen LogP contribution in [0.5, 0.6) is 0 Å². The molecule has 0 aromatic heterocycles. The zero-order valence-corrected chi connectivity index (χ0v) is 26.1. The summed E-state index contributed by atoms with van der Waals surface area (Å²) in [6.45, 7) is 23.3. The minimum Gasteiger partial charge on any atom is -0.298 e. The molecule has 8 nitrogen and oxygen atoms in total. The van der Waals surface area contributed by atoms with E-state index in [1.165, 1.54) is 0 Å². The Kier molecular flexibility index (Phi) is 15.6. The monoisotopic (exact) mass is 537 g/mol. The number of hydrogen-bond donors (Lipinski definition) is 0. The van der Waals surface area contributed by atoms with Gasteiger partial charge in [0.25, 0.3) is 0 Å². The highest BCUT2D eigenvalue weighted by Gasteiger charge is 2.27. The van der Waals surface area contributed by atoms with E-state index in [4.69, 9.17) is 0 Å². The normalized spacial score (nSPS) is 12.7. The molecule has 0 N–H and O–H groups in total. The van der Waals surface area contributed by atoms with Gasteiger partial charge in [0, 0.05) is 55.3 Å². The number of carbonyl (C=O) groups is 5. The lowest BCUT2D eigenvalue weighted by atomic mass is 9.90. The van der Waals surface area contributed by atoms with Crippen LogP contribution in [-0.2, 0) is 24.0 Å². The third-order valence-electron chi connectivity index (χ3n) is 6.71. The second-order valence-electron chi connectivity index (χ2n) is 13.2. The summed E-state index contributed by atoms with van der Waals surface area (Å²) in [5, 5.41) is 0. The molecule has 0 saturated carbocycles. The van der Waals surface area contributed by atoms with Crippen LogP contribution >= 0.6 is 0 Å². The highest BCUT2D eigenvalue weighted by molar-refractivity contribution is 5.87. The minimum absolute atomic E-state index is 0.0591. The third kappa shape index (κ3) is 15.0. The smallest absolute Gasteiger partial charge is 0.152 e. The van der Waals surface area contributed by atoms with Crippen LogP contribution in [0, 0.1) is 22.7 Å². The number of Topliss-reactive ketones (excluding diaryl/α,β-unsaturated/α-hetero) is 5. The van der Waals surface area contributed by atoms with Gasteiger partial charge >= 0.3 is 0 Å². The van der Waals surface area contributed by atoms with Crippen molar-refractivity contribution in [2.45, 2.75) is 82.6 Å². The van der Waals surface area contributed by atoms with Gasteiger partial charge < -0.3 is 0 Å². The predicted molar refractivity (Wildman–Crippen MR) is 153 cm³/mol. The van der Waals surface area contributed by atoms with Gasteiger partial charge in [0.15, 0.2) is 11.6 Å². The molecule has 8 heteroatoms. The number of ketones is 5. The number of hydrogen-bond acceptors (Lipinski definition) is 8. The molecule has 0 aromatic rings. The zero-order chi connectivity index (χ0) is 29.8. The number of carbonyl (C=O) groups excluding carboxylic acids is 5. The van der Waals surface area contributed by atoms with Gasteiger partial charge in [0.2, 0.25) is 0 Å². The molecule has 0 aliphatic carbocycles. The van der Waals surface area contributed by atoms with Gasteiger partial charge in [-0.3, -0.25) is 38.7 Å². The lowest BCUT2D eigenvalue weighted by Crippen LogP contribution is -2.47. The Labute approximate surface area is 231 Å². The van der Waals surface area contributed by atoms with Gasteiger partial charge in [-0.05, 0) is 0 Å². The van der Waals surface area contributed by atoms with Gasteiger partial charge in [-0.1, -0.05) is 76.2 Å². The predicted octanol–water partition coefficient (Wildman–Crippen LogP) is 3.55. The van der Waals surface area contributed by atoms with Gasteiger partial charge in [0.1, 0.15) is 17.3 Å². The summed E-state index contributed by atoms with van der Waals surface area (Å²) < 4.78 is 0. The summed E-state index contributed by atoms with van der Waals surface area (Å²) >= 11 is 0. The van der Waals surface area contributed by atoms with Crippen LogP contribution in [0.2, 0.25) is 0 Å². The van der Waals surface area contributed by atoms with Crippen molar-refractivity contribution in [3.05, 3.63) is 0 Å². The average molecular weight is 538 g/mol. The van der Waals surface area contributed by atoms with Crippen LogP contribution in [0.15, 0.2) is 0 Å². The maximum Gasteiger partial charge on any atom is 0.152 e. The van der Waals surface area contributed by atoms with Crippen molar-refractivity contribution >= 4 is 28.9 Å². The first kappa shape index (κ1) is 36.2. The van der Waals surface area contributed by atoms with E-state index >= 15 is 0 Å². The highest BCUT2D eigenvalue weighted by atomic mass is 16.1. The fourth-order valence-electron chi connectivity index (χ4n) is 3.31. The van der Waals surface area contributed by atoms with Crippen molar-refractivity contribution in [2.75, 3.05) is 58.9 Å². The molecule has 0 spiro atoms. The topological polar surface area (TPSA) is 95.1 Å². The molecule has 0 rings (SSSR count). The molecule has 0 aliphatic heterocycles. The first-order chi connectivity index (χ1) is 17.3. The van der Waals surface area contributed by atoms with Crippen molar-refractivity contribution in [3.8, 4) is 0 Å². The fourth-order valence-corrected chi connectivity index (χ4v) is 3.31. The molecule has 38 heavy (non-hydrogen) atoms. The van der Waals surface area contributed by atoms with Crippen molar-refractivity contribution in [1.29, 1.82) is 0 Å². The Bertz CT molecular complexity index is 806. The molecular formula is C30H55N3O5. The standard InChI is InChI=1S/C30H55N3O5/c1-12-24(34)17-32(20-27(37)29(6,7)8)15-13-31(18-25(35)22(2)3)14-16-33(19-26(36)23(4)5)21-28(38)30(9,10)11/h22-23H,12-21H2,1-11H3. The van der Waals surface area contributed by atoms with Gasteiger partial charge in [-0.25, -0.2) is 0 Å². The molecule has 0 aliphatic rings. The Morgan fingerprint density at radius 2 is 0.842 bits per heavy atom. The molecule has 0 saturated heterocycles. The largest absolute Gasteiger partial charge is 0.298 e. The molecule has 0 aromatic carbocycles. The third-order valence-corrected chi connectivity index (χ3v) is 6.71. The molecule has 0 bridgehead atoms. The molecule has 0 fully saturated rings. The van der Waals surface area contributed by atoms with Crippen LogP contribution in [0.4, 0.5) is 0 Å². The summed E-state index contributed by atoms with van der Waals surface area (Å²) in [5.41, 5.74) is -1.03. The van der Waals surface area contributed by atoms with E-state index in [0.717, 1.165) is 0 Å². The summed E-state index contributed by atoms with van der Waals surface area (Å²) in [6, 6.07) is 0. The molecule has 0 unspecified atom stereocenters. The first-order valence-corrected chi connectivity index (χ1v) is 14.1. The summed E-state index contributed by atoms with van der Waals surface area (Å²) in [7, 11) is 0. The van der Waals surface area contributed by atoms with Crippen LogP contribution in [0.25, 0.3) is 0 Å². The molecular weight excluding hydrogens is 482 g/mol. The Hall–Kier alpha value is -1.77. The SMILES string of the molecule is CCC(=O)CN(CCN(CCN(CC(=O)C(C)C)CC(=O)C(C)(C)C)CC(=O)C(C)C)CC(=O)C(C)(C)C. The quantitative estimate of drug-likeness (QED) is 0.247. The van der Waals surface area contributed by atoms with Crippen molar-refractivity contribution in [2.24, 2.45) is 22.7 Å². The first-order valence-electron chi connectivity index (χ1n) is 14.1. The number of rotatable bonds is 19. The van der Waals surface area contributed by atoms with E-state index in [0.29, 0.717) is 32.6 Å². The van der Waals surface area contributed by atoms with Gasteiger partial charge in [-0.15, -0.1) is 0 Å². The highest BCUT2D eigenvalue weighted by Crippen LogP contribution is 2.16. The van der Waals surface area contributed by atoms with E-state index in [2.05, 4.69) is 0 Å². The second kappa shape index (κ2) is 16.4. The molecule has 0 amide bonds. The Morgan fingerprint density at radius 3 is 1.16 bits per heavy atom. The van der Waals surface area contributed by atoms with Crippen LogP contribution in [0.1, 0.15) is 82.6 Å². The number of nitrogens with zero attached hydrogens (tertiary/aromatic N) is 3. The molecule has 0 radical (unpaired) electrons. The lowest BCUT2D eigenvalue weighted by molar-refractivity contribution is -0.130. The molecule has 0 heterocycles. The maximum absolute atomic E-state index is 12.8. The Morgan fingerprint density at radius 1 is 0.526 bits per heavy atom. The van der Waals surface area contributed by atoms with Crippen LogP contribution in [-0.4, -0.2) is 103 Å². The van der Waals surface area contributed by atoms with E-state index in [-0.39, 0.29) is 73.5 Å². The maximum atomic E-state index is 12.8. The minimum atomic E-state index is -0.516. The van der Waals surface area contributed by atoms with Crippen LogP contribution < -0.4 is 0 Å². The van der Waals surface area contributed by atoms with E-state index < -0.39 is 10.8 Å². The lowest BCUT2D eigenvalue weighted by Gasteiger charge is -2.31. The van der Waals surface area contributed by atoms with Crippen molar-refractivity contribution in [3.63, 3.8) is 0 Å². The van der Waals surface area contributed by atoms with Crippen LogP contribution in [0.3, 0.4) is 0 Å². The fraction of sp³-hybridized carbons (Fsp3) is 0.833. The van der Waals surface area contributed by atoms with Crippen molar-refractivity contribution < 1.29 is 24.0 Å². The van der Waals surface area contributed by atoms with E-state index in [9.17, 15) is 24.0 Å². The van der Waals surface area contributed by atoms with Crippen molar-refractivity contribution in [1.82, 2.24) is 14.7 Å². The summed E-state index contributed by atoms with van der Waals surface area (Å²) in [4.78, 5) is 68.7. The second-order valence-corrected chi connectivity index (χ2v) is 13.2. The molecule has 220 valence electrons. The Balaban J connectivity index is 5.69. The van der Waals surface area contributed by atoms with Gasteiger partial charge in [0.05, 0.1) is 32.7 Å². The summed E-state index contributed by atoms with van der Waals surface area (Å²) in [6.07, 6.45) is 0.399. The molecule has 0 atom stereocenters.